The molecule has 2 fully saturated rings. The highest BCUT2D eigenvalue weighted by molar-refractivity contribution is 5.88. The number of hydrogen-bond acceptors (Lipinski definition) is 8. The molecule has 2 aliphatic rings. The van der Waals surface area contributed by atoms with E-state index in [1.807, 2.05) is 11.0 Å². The number of amides is 2. The second-order valence-electron chi connectivity index (χ2n) is 8.96. The molecule has 1 aromatic carbocycles. The number of piperazine rings is 1. The number of nitrogen functional groups attached to an aromatic ring is 1. The van der Waals surface area contributed by atoms with E-state index in [2.05, 4.69) is 9.88 Å². The number of alkyl halides is 2. The van der Waals surface area contributed by atoms with Gasteiger partial charge in [0.15, 0.2) is 5.82 Å². The van der Waals surface area contributed by atoms with Crippen LogP contribution in [0.3, 0.4) is 0 Å². The number of ether oxygens (including phenoxy) is 1. The number of morpholine rings is 1. The minimum atomic E-state index is -2.85. The highest BCUT2D eigenvalue weighted by Crippen LogP contribution is 2.31. The van der Waals surface area contributed by atoms with Crippen LogP contribution in [0.25, 0.3) is 17.0 Å². The second kappa shape index (κ2) is 9.72. The molecule has 4 heterocycles. The van der Waals surface area contributed by atoms with E-state index in [4.69, 9.17) is 20.4 Å². The zero-order chi connectivity index (χ0) is 25.4. The molecule has 0 bridgehead atoms. The molecule has 3 aromatic rings. The van der Waals surface area contributed by atoms with Gasteiger partial charge in [0, 0.05) is 59.4 Å². The fraction of sp³-hybridized carbons (Fsp3) is 0.478. The molecule has 2 aliphatic heterocycles. The van der Waals surface area contributed by atoms with Gasteiger partial charge in [0.1, 0.15) is 17.2 Å². The fourth-order valence-corrected chi connectivity index (χ4v) is 4.53. The number of imidazole rings is 1. The molecule has 0 saturated carbocycles. The van der Waals surface area contributed by atoms with Crippen LogP contribution in [0.15, 0.2) is 24.3 Å². The van der Waals surface area contributed by atoms with Gasteiger partial charge < -0.3 is 30.1 Å². The molecule has 0 radical (unpaired) electrons. The number of rotatable bonds is 4. The molecular formula is C23H29F2N9O2. The molecule has 13 heteroatoms. The van der Waals surface area contributed by atoms with Crippen molar-refractivity contribution < 1.29 is 18.3 Å². The molecule has 192 valence electrons. The smallest absolute Gasteiger partial charge is 0.319 e. The van der Waals surface area contributed by atoms with Gasteiger partial charge >= 0.3 is 6.03 Å². The lowest BCUT2D eigenvalue weighted by Crippen LogP contribution is -2.51. The first-order valence-electron chi connectivity index (χ1n) is 11.8. The van der Waals surface area contributed by atoms with Crippen molar-refractivity contribution >= 4 is 34.4 Å². The van der Waals surface area contributed by atoms with Gasteiger partial charge in [0.2, 0.25) is 5.95 Å². The number of carbonyl (C=O) groups excluding carboxylic acids is 1. The molecular weight excluding hydrogens is 472 g/mol. The Bertz CT molecular complexity index is 1250. The Kier molecular flexibility index (Phi) is 6.48. The summed E-state index contributed by atoms with van der Waals surface area (Å²) in [7, 11) is 3.45. The number of benzene rings is 1. The van der Waals surface area contributed by atoms with Crippen molar-refractivity contribution in [2.45, 2.75) is 6.43 Å². The average molecular weight is 502 g/mol. The molecule has 2 N–H and O–H groups in total. The molecule has 0 atom stereocenters. The number of fused-ring (bicyclic) bond motifs is 1. The number of carbonyl (C=O) groups is 1. The van der Waals surface area contributed by atoms with Crippen molar-refractivity contribution in [2.75, 3.05) is 82.1 Å². The summed E-state index contributed by atoms with van der Waals surface area (Å²) in [6.45, 7) is 4.50. The number of aromatic nitrogens is 4. The van der Waals surface area contributed by atoms with Crippen LogP contribution >= 0.6 is 0 Å². The maximum atomic E-state index is 14.1. The largest absolute Gasteiger partial charge is 0.397 e. The number of para-hydroxylation sites is 1. The molecule has 2 amide bonds. The van der Waals surface area contributed by atoms with Crippen molar-refractivity contribution in [2.24, 2.45) is 0 Å². The van der Waals surface area contributed by atoms with Crippen molar-refractivity contribution in [3.8, 4) is 5.95 Å². The van der Waals surface area contributed by atoms with E-state index >= 15 is 0 Å². The van der Waals surface area contributed by atoms with Gasteiger partial charge in [-0.05, 0) is 12.1 Å². The molecule has 11 nitrogen and oxygen atoms in total. The van der Waals surface area contributed by atoms with Crippen LogP contribution < -0.4 is 15.5 Å². The molecule has 36 heavy (non-hydrogen) atoms. The highest BCUT2D eigenvalue weighted by atomic mass is 19.3. The van der Waals surface area contributed by atoms with E-state index in [1.54, 1.807) is 42.1 Å². The lowest BCUT2D eigenvalue weighted by Gasteiger charge is -2.37. The van der Waals surface area contributed by atoms with Crippen LogP contribution in [0.1, 0.15) is 12.2 Å². The first-order chi connectivity index (χ1) is 17.3. The summed E-state index contributed by atoms with van der Waals surface area (Å²) in [5.41, 5.74) is 7.04. The quantitative estimate of drug-likeness (QED) is 0.541. The van der Waals surface area contributed by atoms with E-state index < -0.39 is 12.2 Å². The van der Waals surface area contributed by atoms with E-state index in [9.17, 15) is 13.6 Å². The van der Waals surface area contributed by atoms with Gasteiger partial charge in [-0.15, -0.1) is 0 Å². The van der Waals surface area contributed by atoms with Gasteiger partial charge in [-0.1, -0.05) is 6.07 Å². The van der Waals surface area contributed by atoms with Crippen LogP contribution in [0.2, 0.25) is 0 Å². The Morgan fingerprint density at radius 3 is 2.25 bits per heavy atom. The maximum absolute atomic E-state index is 14.1. The molecule has 2 aromatic heterocycles. The zero-order valence-corrected chi connectivity index (χ0v) is 20.3. The number of urea groups is 1. The van der Waals surface area contributed by atoms with Crippen LogP contribution in [0, 0.1) is 0 Å². The van der Waals surface area contributed by atoms with E-state index in [1.165, 1.54) is 4.57 Å². The van der Waals surface area contributed by atoms with Gasteiger partial charge in [-0.2, -0.15) is 9.97 Å². The van der Waals surface area contributed by atoms with Crippen molar-refractivity contribution in [1.29, 1.82) is 0 Å². The third-order valence-corrected chi connectivity index (χ3v) is 6.42. The number of hydrogen-bond donors (Lipinski definition) is 1. The van der Waals surface area contributed by atoms with Gasteiger partial charge in [0.05, 0.1) is 24.4 Å². The summed E-state index contributed by atoms with van der Waals surface area (Å²) in [6, 6.07) is 6.82. The SMILES string of the molecule is CN(C)C(=O)N1CCN(c2cc(N3CCOCC3)nc(-n3c(C(F)F)nc4c(N)cccc43)n2)CC1. The third-order valence-electron chi connectivity index (χ3n) is 6.42. The van der Waals surface area contributed by atoms with Crippen LogP contribution in [0.5, 0.6) is 0 Å². The summed E-state index contributed by atoms with van der Waals surface area (Å²) < 4.78 is 35.0. The molecule has 0 aliphatic carbocycles. The van der Waals surface area contributed by atoms with E-state index in [0.29, 0.717) is 75.3 Å². The Hall–Kier alpha value is -3.74. The first-order valence-corrected chi connectivity index (χ1v) is 11.8. The Morgan fingerprint density at radius 1 is 1.00 bits per heavy atom. The Morgan fingerprint density at radius 2 is 1.64 bits per heavy atom. The van der Waals surface area contributed by atoms with Crippen molar-refractivity contribution in [3.05, 3.63) is 30.1 Å². The standard InChI is InChI=1S/C23H29F2N9O2/c1-30(2)23(35)33-8-6-31(7-9-33)17-14-18(32-10-12-36-13-11-32)28-22(27-17)34-16-5-3-4-15(26)19(16)29-21(34)20(24)25/h3-5,14,20H,6-13,26H2,1-2H3. The minimum absolute atomic E-state index is 0.0453. The Labute approximate surface area is 207 Å². The minimum Gasteiger partial charge on any atom is -0.397 e. The summed E-state index contributed by atoms with van der Waals surface area (Å²) in [5.74, 6) is 0.860. The maximum Gasteiger partial charge on any atom is 0.319 e. The van der Waals surface area contributed by atoms with E-state index in [-0.39, 0.29) is 17.5 Å². The summed E-state index contributed by atoms with van der Waals surface area (Å²) in [5, 5.41) is 0. The fourth-order valence-electron chi connectivity index (χ4n) is 4.53. The first kappa shape index (κ1) is 24.0. The highest BCUT2D eigenvalue weighted by Gasteiger charge is 2.27. The normalized spacial score (nSPS) is 16.8. The number of halogens is 2. The number of anilines is 3. The summed E-state index contributed by atoms with van der Waals surface area (Å²) in [4.78, 5) is 33.3. The average Bonchev–Trinajstić information content (AvgIpc) is 3.30. The monoisotopic (exact) mass is 501 g/mol. The predicted octanol–water partition coefficient (Wildman–Crippen LogP) is 1.98. The number of nitrogens with zero attached hydrogens (tertiary/aromatic N) is 8. The lowest BCUT2D eigenvalue weighted by molar-refractivity contribution is 0.122. The zero-order valence-electron chi connectivity index (χ0n) is 20.3. The summed E-state index contributed by atoms with van der Waals surface area (Å²) >= 11 is 0. The van der Waals surface area contributed by atoms with Crippen LogP contribution in [0.4, 0.5) is 30.9 Å². The van der Waals surface area contributed by atoms with Gasteiger partial charge in [0.25, 0.3) is 6.43 Å². The lowest BCUT2D eigenvalue weighted by atomic mass is 10.3. The number of nitrogens with two attached hydrogens (primary N) is 1. The summed E-state index contributed by atoms with van der Waals surface area (Å²) in [6.07, 6.45) is -2.85. The molecule has 2 saturated heterocycles. The Balaban J connectivity index is 1.58. The third kappa shape index (κ3) is 4.45. The predicted molar refractivity (Wildman–Crippen MR) is 132 cm³/mol. The van der Waals surface area contributed by atoms with Gasteiger partial charge in [-0.3, -0.25) is 4.57 Å². The molecule has 0 spiro atoms. The van der Waals surface area contributed by atoms with Crippen molar-refractivity contribution in [1.82, 2.24) is 29.3 Å². The topological polar surface area (TPSA) is 109 Å². The van der Waals surface area contributed by atoms with Crippen molar-refractivity contribution in [3.63, 3.8) is 0 Å². The van der Waals surface area contributed by atoms with E-state index in [0.717, 1.165) is 0 Å². The second-order valence-corrected chi connectivity index (χ2v) is 8.96. The van der Waals surface area contributed by atoms with Crippen LogP contribution in [-0.4, -0.2) is 102 Å². The molecule has 0 unspecified atom stereocenters. The molecule has 5 rings (SSSR count). The van der Waals surface area contributed by atoms with Crippen LogP contribution in [-0.2, 0) is 4.74 Å². The van der Waals surface area contributed by atoms with Gasteiger partial charge in [-0.25, -0.2) is 18.6 Å².